The topological polar surface area (TPSA) is 52.5 Å². The quantitative estimate of drug-likeness (QED) is 0.436. The van der Waals surface area contributed by atoms with Crippen molar-refractivity contribution in [2.45, 2.75) is 12.5 Å². The highest BCUT2D eigenvalue weighted by Crippen LogP contribution is 2.12. The first kappa shape index (κ1) is 10.8. The van der Waals surface area contributed by atoms with Crippen molar-refractivity contribution in [3.63, 3.8) is 0 Å². The first-order valence-electron chi connectivity index (χ1n) is 3.62. The van der Waals surface area contributed by atoms with Crippen LogP contribution in [0.5, 0.6) is 0 Å². The molecule has 0 saturated heterocycles. The molecule has 0 aliphatic rings. The second-order valence-corrected chi connectivity index (χ2v) is 2.58. The van der Waals surface area contributed by atoms with Gasteiger partial charge in [-0.3, -0.25) is 0 Å². The van der Waals surface area contributed by atoms with Crippen LogP contribution in [0.2, 0.25) is 0 Å². The van der Waals surface area contributed by atoms with Crippen molar-refractivity contribution in [2.24, 2.45) is 0 Å². The minimum atomic E-state index is -1.09. The highest BCUT2D eigenvalue weighted by atomic mass is 16.3. The van der Waals surface area contributed by atoms with E-state index in [1.807, 2.05) is 0 Å². The number of allylic oxidation sites excluding steroid dienone is 2. The van der Waals surface area contributed by atoms with E-state index in [2.05, 4.69) is 11.9 Å². The number of aliphatic hydroxyl groups is 2. The van der Waals surface area contributed by atoms with Crippen molar-refractivity contribution in [2.75, 3.05) is 7.05 Å². The SMILES string of the molecule is C=C(NC)C(C)(O)/C=C\C=C/O. The predicted molar refractivity (Wildman–Crippen MR) is 49.7 cm³/mol. The van der Waals surface area contributed by atoms with E-state index in [0.29, 0.717) is 5.70 Å². The number of likely N-dealkylation sites (N-methyl/N-ethyl adjacent to an activating group) is 1. The van der Waals surface area contributed by atoms with Crippen LogP contribution in [0.15, 0.2) is 36.8 Å². The Bertz CT molecular complexity index is 205. The third-order valence-electron chi connectivity index (χ3n) is 1.53. The van der Waals surface area contributed by atoms with E-state index < -0.39 is 5.60 Å². The fourth-order valence-corrected chi connectivity index (χ4v) is 0.646. The molecule has 1 atom stereocenters. The van der Waals surface area contributed by atoms with E-state index in [4.69, 9.17) is 5.11 Å². The molecular weight excluding hydrogens is 154 g/mol. The van der Waals surface area contributed by atoms with Crippen LogP contribution in [0.3, 0.4) is 0 Å². The lowest BCUT2D eigenvalue weighted by atomic mass is 10.0. The van der Waals surface area contributed by atoms with Gasteiger partial charge in [0, 0.05) is 12.7 Å². The average Bonchev–Trinajstić information content (AvgIpc) is 2.03. The lowest BCUT2D eigenvalue weighted by Crippen LogP contribution is -2.30. The first-order valence-corrected chi connectivity index (χ1v) is 3.62. The Balaban J connectivity index is 4.30. The van der Waals surface area contributed by atoms with Crippen LogP contribution in [0.25, 0.3) is 0 Å². The molecule has 0 aromatic carbocycles. The summed E-state index contributed by atoms with van der Waals surface area (Å²) in [4.78, 5) is 0. The molecule has 0 aromatic heterocycles. The largest absolute Gasteiger partial charge is 0.516 e. The molecular formula is C9H15NO2. The minimum absolute atomic E-state index is 0.505. The van der Waals surface area contributed by atoms with Gasteiger partial charge in [0.05, 0.1) is 6.26 Å². The van der Waals surface area contributed by atoms with Gasteiger partial charge < -0.3 is 15.5 Å². The third kappa shape index (κ3) is 3.25. The smallest absolute Gasteiger partial charge is 0.119 e. The summed E-state index contributed by atoms with van der Waals surface area (Å²) in [5.74, 6) is 0. The van der Waals surface area contributed by atoms with Crippen molar-refractivity contribution in [1.82, 2.24) is 5.32 Å². The van der Waals surface area contributed by atoms with Gasteiger partial charge >= 0.3 is 0 Å². The number of nitrogens with one attached hydrogen (secondary N) is 1. The minimum Gasteiger partial charge on any atom is -0.516 e. The molecule has 0 fully saturated rings. The summed E-state index contributed by atoms with van der Waals surface area (Å²) >= 11 is 0. The zero-order valence-electron chi connectivity index (χ0n) is 7.41. The molecule has 3 heteroatoms. The Hall–Kier alpha value is -1.22. The molecule has 0 aliphatic heterocycles. The molecule has 0 aliphatic carbocycles. The summed E-state index contributed by atoms with van der Waals surface area (Å²) in [5, 5.41) is 20.7. The van der Waals surface area contributed by atoms with E-state index in [9.17, 15) is 5.11 Å². The van der Waals surface area contributed by atoms with Crippen molar-refractivity contribution >= 4 is 0 Å². The van der Waals surface area contributed by atoms with Crippen LogP contribution in [0, 0.1) is 0 Å². The summed E-state index contributed by atoms with van der Waals surface area (Å²) < 4.78 is 0. The molecule has 0 aromatic rings. The van der Waals surface area contributed by atoms with E-state index in [0.717, 1.165) is 6.26 Å². The molecule has 0 radical (unpaired) electrons. The van der Waals surface area contributed by atoms with Crippen LogP contribution in [0.4, 0.5) is 0 Å². The van der Waals surface area contributed by atoms with E-state index in [1.165, 1.54) is 12.2 Å². The lowest BCUT2D eigenvalue weighted by Gasteiger charge is -2.21. The summed E-state index contributed by atoms with van der Waals surface area (Å²) in [7, 11) is 1.69. The van der Waals surface area contributed by atoms with Gasteiger partial charge in [-0.2, -0.15) is 0 Å². The monoisotopic (exact) mass is 169 g/mol. The normalized spacial score (nSPS) is 16.6. The summed E-state index contributed by atoms with van der Waals surface area (Å²) in [5.41, 5.74) is -0.584. The highest BCUT2D eigenvalue weighted by Gasteiger charge is 2.18. The van der Waals surface area contributed by atoms with Crippen LogP contribution < -0.4 is 5.32 Å². The molecule has 0 spiro atoms. The summed E-state index contributed by atoms with van der Waals surface area (Å²) in [6.07, 6.45) is 5.38. The fourth-order valence-electron chi connectivity index (χ4n) is 0.646. The third-order valence-corrected chi connectivity index (χ3v) is 1.53. The predicted octanol–water partition coefficient (Wildman–Crippen LogP) is 1.10. The fraction of sp³-hybridized carbons (Fsp3) is 0.333. The van der Waals surface area contributed by atoms with Gasteiger partial charge in [0.2, 0.25) is 0 Å². The van der Waals surface area contributed by atoms with Crippen molar-refractivity contribution < 1.29 is 10.2 Å². The molecule has 0 heterocycles. The van der Waals surface area contributed by atoms with Gasteiger partial charge in [0.1, 0.15) is 5.60 Å². The zero-order valence-corrected chi connectivity index (χ0v) is 7.41. The molecule has 68 valence electrons. The number of rotatable bonds is 4. The van der Waals surface area contributed by atoms with Gasteiger partial charge in [-0.15, -0.1) is 0 Å². The summed E-state index contributed by atoms with van der Waals surface area (Å²) in [6, 6.07) is 0. The molecule has 1 unspecified atom stereocenters. The zero-order chi connectivity index (χ0) is 9.61. The Kier molecular flexibility index (Phi) is 4.15. The van der Waals surface area contributed by atoms with Crippen LogP contribution in [0.1, 0.15) is 6.92 Å². The van der Waals surface area contributed by atoms with E-state index in [1.54, 1.807) is 20.0 Å². The van der Waals surface area contributed by atoms with Gasteiger partial charge in [-0.25, -0.2) is 0 Å². The second-order valence-electron chi connectivity index (χ2n) is 2.58. The number of aliphatic hydroxyl groups excluding tert-OH is 1. The van der Waals surface area contributed by atoms with Crippen molar-refractivity contribution in [3.05, 3.63) is 36.8 Å². The molecule has 0 saturated carbocycles. The first-order chi connectivity index (χ1) is 5.54. The molecule has 3 nitrogen and oxygen atoms in total. The van der Waals surface area contributed by atoms with Gasteiger partial charge in [0.15, 0.2) is 0 Å². The van der Waals surface area contributed by atoms with E-state index in [-0.39, 0.29) is 0 Å². The average molecular weight is 169 g/mol. The standard InChI is InChI=1S/C9H15NO2/c1-8(10-3)9(2,12)6-4-5-7-11/h4-7,10-12H,1H2,2-3H3/b6-4-,7-5-. The summed E-state index contributed by atoms with van der Waals surface area (Å²) in [6.45, 7) is 5.23. The molecule has 0 rings (SSSR count). The molecule has 0 amide bonds. The van der Waals surface area contributed by atoms with Gasteiger partial charge in [-0.05, 0) is 19.1 Å². The van der Waals surface area contributed by atoms with Gasteiger partial charge in [-0.1, -0.05) is 12.7 Å². The lowest BCUT2D eigenvalue weighted by molar-refractivity contribution is 0.144. The maximum absolute atomic E-state index is 9.65. The maximum atomic E-state index is 9.65. The molecule has 3 N–H and O–H groups in total. The highest BCUT2D eigenvalue weighted by molar-refractivity contribution is 5.20. The maximum Gasteiger partial charge on any atom is 0.119 e. The Labute approximate surface area is 72.7 Å². The number of hydrogen-bond donors (Lipinski definition) is 3. The van der Waals surface area contributed by atoms with Crippen molar-refractivity contribution in [3.8, 4) is 0 Å². The number of hydrogen-bond acceptors (Lipinski definition) is 3. The Morgan fingerprint density at radius 3 is 2.50 bits per heavy atom. The Morgan fingerprint density at radius 1 is 1.50 bits per heavy atom. The van der Waals surface area contributed by atoms with Crippen LogP contribution in [-0.2, 0) is 0 Å². The molecule has 0 bridgehead atoms. The van der Waals surface area contributed by atoms with E-state index >= 15 is 0 Å². The second kappa shape index (κ2) is 4.62. The molecule has 12 heavy (non-hydrogen) atoms. The Morgan fingerprint density at radius 2 is 2.08 bits per heavy atom. The van der Waals surface area contributed by atoms with Gasteiger partial charge in [0.25, 0.3) is 0 Å². The van der Waals surface area contributed by atoms with Crippen molar-refractivity contribution in [1.29, 1.82) is 0 Å². The van der Waals surface area contributed by atoms with Crippen LogP contribution in [-0.4, -0.2) is 22.9 Å². The van der Waals surface area contributed by atoms with Crippen LogP contribution >= 0.6 is 0 Å².